The van der Waals surface area contributed by atoms with E-state index in [2.05, 4.69) is 0 Å². The molecular weight excluding hydrogens is 305 g/mol. The lowest BCUT2D eigenvalue weighted by atomic mass is 9.98. The molecule has 0 bridgehead atoms. The van der Waals surface area contributed by atoms with Gasteiger partial charge in [0.15, 0.2) is 0 Å². The van der Waals surface area contributed by atoms with Crippen molar-refractivity contribution in [3.05, 3.63) is 59.7 Å². The number of benzene rings is 2. The van der Waals surface area contributed by atoms with Gasteiger partial charge in [0.2, 0.25) is 5.91 Å². The molecule has 3 rings (SSSR count). The summed E-state index contributed by atoms with van der Waals surface area (Å²) in [6.45, 7) is 0.374. The lowest BCUT2D eigenvalue weighted by Crippen LogP contribution is -2.26. The van der Waals surface area contributed by atoms with Gasteiger partial charge in [-0.3, -0.25) is 4.79 Å². The Morgan fingerprint density at radius 1 is 1.09 bits per heavy atom. The fourth-order valence-corrected chi connectivity index (χ4v) is 2.89. The Morgan fingerprint density at radius 2 is 1.78 bits per heavy atom. The van der Waals surface area contributed by atoms with E-state index in [1.165, 1.54) is 11.0 Å². The molecule has 1 aliphatic rings. The second-order valence-corrected chi connectivity index (χ2v) is 5.55. The van der Waals surface area contributed by atoms with Gasteiger partial charge in [-0.25, -0.2) is 0 Å². The predicted octanol–water partition coefficient (Wildman–Crippen LogP) is 3.81. The van der Waals surface area contributed by atoms with Crippen LogP contribution in [0.3, 0.4) is 0 Å². The van der Waals surface area contributed by atoms with Crippen LogP contribution in [0.1, 0.15) is 23.5 Å². The molecule has 3 nitrogen and oxygen atoms in total. The number of halogens is 3. The topological polar surface area (TPSA) is 46.3 Å². The second kappa shape index (κ2) is 5.61. The predicted molar refractivity (Wildman–Crippen MR) is 82.0 cm³/mol. The van der Waals surface area contributed by atoms with Crippen molar-refractivity contribution in [3.8, 4) is 0 Å². The Kier molecular flexibility index (Phi) is 3.75. The fourth-order valence-electron chi connectivity index (χ4n) is 2.89. The van der Waals surface area contributed by atoms with Gasteiger partial charge in [-0.1, -0.05) is 30.3 Å². The second-order valence-electron chi connectivity index (χ2n) is 5.55. The summed E-state index contributed by atoms with van der Waals surface area (Å²) in [5.41, 5.74) is 5.79. The molecular formula is C17H15F3N2O. The van der Waals surface area contributed by atoms with Gasteiger partial charge in [0, 0.05) is 17.9 Å². The van der Waals surface area contributed by atoms with E-state index in [9.17, 15) is 18.0 Å². The van der Waals surface area contributed by atoms with Crippen molar-refractivity contribution in [2.45, 2.75) is 18.5 Å². The average molecular weight is 320 g/mol. The fraction of sp³-hybridized carbons (Fsp3) is 0.235. The van der Waals surface area contributed by atoms with Crippen LogP contribution in [0.5, 0.6) is 0 Å². The molecule has 23 heavy (non-hydrogen) atoms. The third-order valence-electron chi connectivity index (χ3n) is 3.99. The monoisotopic (exact) mass is 320 g/mol. The Balaban J connectivity index is 1.92. The number of rotatable bonds is 2. The number of hydrogen-bond donors (Lipinski definition) is 1. The summed E-state index contributed by atoms with van der Waals surface area (Å²) in [6, 6.07) is 12.5. The first kappa shape index (κ1) is 15.4. The van der Waals surface area contributed by atoms with Crippen LogP contribution in [0.15, 0.2) is 48.5 Å². The Hall–Kier alpha value is -2.50. The Morgan fingerprint density at radius 3 is 2.43 bits per heavy atom. The summed E-state index contributed by atoms with van der Waals surface area (Å²) >= 11 is 0. The molecule has 1 fully saturated rings. The highest BCUT2D eigenvalue weighted by molar-refractivity contribution is 6.00. The first-order valence-corrected chi connectivity index (χ1v) is 7.20. The van der Waals surface area contributed by atoms with Crippen molar-refractivity contribution in [1.82, 2.24) is 0 Å². The molecule has 2 aromatic carbocycles. The number of amides is 1. The van der Waals surface area contributed by atoms with E-state index >= 15 is 0 Å². The summed E-state index contributed by atoms with van der Waals surface area (Å²) in [5.74, 6) is -0.526. The molecule has 1 heterocycles. The van der Waals surface area contributed by atoms with Crippen molar-refractivity contribution in [1.29, 1.82) is 0 Å². The first-order valence-electron chi connectivity index (χ1n) is 7.20. The van der Waals surface area contributed by atoms with E-state index in [4.69, 9.17) is 5.73 Å². The highest BCUT2D eigenvalue weighted by Gasteiger charge is 2.36. The van der Waals surface area contributed by atoms with Crippen LogP contribution in [0.2, 0.25) is 0 Å². The quantitative estimate of drug-likeness (QED) is 0.855. The largest absolute Gasteiger partial charge is 0.416 e. The molecule has 120 valence electrons. The van der Waals surface area contributed by atoms with Gasteiger partial charge in [0.1, 0.15) is 0 Å². The summed E-state index contributed by atoms with van der Waals surface area (Å²) in [5, 5.41) is 0. The van der Waals surface area contributed by atoms with Crippen molar-refractivity contribution >= 4 is 17.3 Å². The van der Waals surface area contributed by atoms with E-state index in [0.717, 1.165) is 17.7 Å². The number of alkyl halides is 3. The molecule has 0 aliphatic carbocycles. The number of carbonyl (C=O) groups excluding carboxylic acids is 1. The summed E-state index contributed by atoms with van der Waals surface area (Å²) in [6.07, 6.45) is -3.93. The molecule has 0 saturated carbocycles. The molecule has 0 aromatic heterocycles. The van der Waals surface area contributed by atoms with Crippen LogP contribution in [-0.4, -0.2) is 12.5 Å². The Labute approximate surface area is 131 Å². The lowest BCUT2D eigenvalue weighted by Gasteiger charge is -2.19. The molecule has 1 saturated heterocycles. The van der Waals surface area contributed by atoms with Crippen LogP contribution in [-0.2, 0) is 11.0 Å². The van der Waals surface area contributed by atoms with Gasteiger partial charge in [-0.05, 0) is 30.2 Å². The number of nitrogens with zero attached hydrogens (tertiary/aromatic N) is 1. The van der Waals surface area contributed by atoms with Gasteiger partial charge >= 0.3 is 6.18 Å². The van der Waals surface area contributed by atoms with Crippen LogP contribution in [0.25, 0.3) is 0 Å². The van der Waals surface area contributed by atoms with E-state index in [1.54, 1.807) is 0 Å². The highest BCUT2D eigenvalue weighted by Crippen LogP contribution is 2.37. The number of carbonyl (C=O) groups is 1. The minimum absolute atomic E-state index is 0.00853. The molecule has 6 heteroatoms. The molecule has 0 spiro atoms. The number of hydrogen-bond acceptors (Lipinski definition) is 2. The standard InChI is InChI=1S/C17H15F3N2O/c18-17(19,20)12-8-13(21)10-14(9-12)22-7-6-15(16(22)23)11-4-2-1-3-5-11/h1-5,8-10,15H,6-7,21H2. The minimum Gasteiger partial charge on any atom is -0.399 e. The van der Waals surface area contributed by atoms with Gasteiger partial charge in [-0.2, -0.15) is 13.2 Å². The third kappa shape index (κ3) is 3.02. The maximum Gasteiger partial charge on any atom is 0.416 e. The van der Waals surface area contributed by atoms with Crippen molar-refractivity contribution in [2.24, 2.45) is 0 Å². The first-order chi connectivity index (χ1) is 10.9. The highest BCUT2D eigenvalue weighted by atomic mass is 19.4. The molecule has 1 amide bonds. The molecule has 1 atom stereocenters. The Bertz CT molecular complexity index is 728. The van der Waals surface area contributed by atoms with Crippen LogP contribution in [0.4, 0.5) is 24.5 Å². The molecule has 1 aliphatic heterocycles. The zero-order chi connectivity index (χ0) is 16.6. The van der Waals surface area contributed by atoms with E-state index in [0.29, 0.717) is 13.0 Å². The molecule has 1 unspecified atom stereocenters. The van der Waals surface area contributed by atoms with Gasteiger partial charge in [0.25, 0.3) is 0 Å². The summed E-state index contributed by atoms with van der Waals surface area (Å²) in [7, 11) is 0. The zero-order valence-electron chi connectivity index (χ0n) is 12.2. The van der Waals surface area contributed by atoms with Crippen LogP contribution in [0, 0.1) is 0 Å². The lowest BCUT2D eigenvalue weighted by molar-refractivity contribution is -0.137. The SMILES string of the molecule is Nc1cc(N2CCC(c3ccccc3)C2=O)cc(C(F)(F)F)c1. The average Bonchev–Trinajstić information content (AvgIpc) is 2.88. The molecule has 2 aromatic rings. The third-order valence-corrected chi connectivity index (χ3v) is 3.99. The van der Waals surface area contributed by atoms with Crippen molar-refractivity contribution in [3.63, 3.8) is 0 Å². The minimum atomic E-state index is -4.49. The maximum absolute atomic E-state index is 12.9. The smallest absolute Gasteiger partial charge is 0.399 e. The van der Waals surface area contributed by atoms with Gasteiger partial charge in [-0.15, -0.1) is 0 Å². The van der Waals surface area contributed by atoms with Gasteiger partial charge in [0.05, 0.1) is 11.5 Å². The van der Waals surface area contributed by atoms with Gasteiger partial charge < -0.3 is 10.6 Å². The van der Waals surface area contributed by atoms with E-state index < -0.39 is 11.7 Å². The zero-order valence-corrected chi connectivity index (χ0v) is 12.2. The number of anilines is 2. The molecule has 0 radical (unpaired) electrons. The maximum atomic E-state index is 12.9. The number of nitrogens with two attached hydrogens (primary N) is 1. The summed E-state index contributed by atoms with van der Waals surface area (Å²) < 4.78 is 38.7. The number of nitrogen functional groups attached to an aromatic ring is 1. The summed E-state index contributed by atoms with van der Waals surface area (Å²) in [4.78, 5) is 14.0. The van der Waals surface area contributed by atoms with Crippen LogP contribution < -0.4 is 10.6 Å². The van der Waals surface area contributed by atoms with E-state index in [-0.39, 0.29) is 23.2 Å². The van der Waals surface area contributed by atoms with E-state index in [1.807, 2.05) is 30.3 Å². The molecule has 2 N–H and O–H groups in total. The van der Waals surface area contributed by atoms with Crippen molar-refractivity contribution in [2.75, 3.05) is 17.2 Å². The normalized spacial score (nSPS) is 18.5. The van der Waals surface area contributed by atoms with Crippen LogP contribution >= 0.6 is 0 Å². The van der Waals surface area contributed by atoms with Crippen molar-refractivity contribution < 1.29 is 18.0 Å².